The number of nitrogens with one attached hydrogen (secondary N) is 1. The van der Waals surface area contributed by atoms with Crippen LogP contribution in [0.2, 0.25) is 0 Å². The molecule has 0 aliphatic carbocycles. The lowest BCUT2D eigenvalue weighted by Crippen LogP contribution is -2.46. The van der Waals surface area contributed by atoms with Gasteiger partial charge in [-0.2, -0.15) is 0 Å². The lowest BCUT2D eigenvalue weighted by atomic mass is 10.1. The largest absolute Gasteiger partial charge is 0.490 e. The number of piperazine rings is 1. The molecule has 1 amide bonds. The average Bonchev–Trinajstić information content (AvgIpc) is 3.21. The molecule has 2 aliphatic rings. The van der Waals surface area contributed by atoms with Crippen LogP contribution >= 0.6 is 0 Å². The third-order valence-corrected chi connectivity index (χ3v) is 6.47. The molecule has 2 aliphatic heterocycles. The number of nitrogens with zero attached hydrogens (tertiary/aromatic N) is 2. The molecule has 2 heterocycles. The molecule has 5 rings (SSSR count). The van der Waals surface area contributed by atoms with Crippen LogP contribution in [0.25, 0.3) is 10.8 Å². The van der Waals surface area contributed by atoms with Gasteiger partial charge in [-0.05, 0) is 42.5 Å². The fourth-order valence-electron chi connectivity index (χ4n) is 4.68. The van der Waals surface area contributed by atoms with Crippen LogP contribution in [0.5, 0.6) is 5.75 Å². The van der Waals surface area contributed by atoms with Crippen LogP contribution in [0, 0.1) is 5.82 Å². The zero-order chi connectivity index (χ0) is 21.9. The molecule has 166 valence electrons. The molecule has 0 spiro atoms. The third kappa shape index (κ3) is 4.15. The number of hydrogen-bond donors (Lipinski definition) is 1. The minimum atomic E-state index is -0.540. The van der Waals surface area contributed by atoms with E-state index in [0.717, 1.165) is 45.6 Å². The fraction of sp³-hybridized carbons (Fsp3) is 0.346. The van der Waals surface area contributed by atoms with Gasteiger partial charge < -0.3 is 15.0 Å². The highest BCUT2D eigenvalue weighted by Crippen LogP contribution is 2.28. The lowest BCUT2D eigenvalue weighted by molar-refractivity contribution is 0.0961. The van der Waals surface area contributed by atoms with Crippen molar-refractivity contribution in [2.75, 3.05) is 44.2 Å². The normalized spacial score (nSPS) is 16.3. The summed E-state index contributed by atoms with van der Waals surface area (Å²) in [7, 11) is 0. The van der Waals surface area contributed by atoms with Crippen LogP contribution in [0.3, 0.4) is 0 Å². The fourth-order valence-corrected chi connectivity index (χ4v) is 4.68. The van der Waals surface area contributed by atoms with Gasteiger partial charge in [-0.1, -0.05) is 42.5 Å². The Bertz CT molecular complexity index is 1120. The van der Waals surface area contributed by atoms with Gasteiger partial charge in [0.1, 0.15) is 0 Å². The maximum Gasteiger partial charge on any atom is 0.255 e. The van der Waals surface area contributed by atoms with E-state index >= 15 is 0 Å². The van der Waals surface area contributed by atoms with Gasteiger partial charge in [0.15, 0.2) is 11.6 Å². The highest BCUT2D eigenvalue weighted by Gasteiger charge is 2.25. The summed E-state index contributed by atoms with van der Waals surface area (Å²) in [5.74, 6) is -0.725. The van der Waals surface area contributed by atoms with Gasteiger partial charge in [0.2, 0.25) is 0 Å². The molecule has 0 aromatic heterocycles. The number of ether oxygens (including phenoxy) is 1. The molecule has 0 bridgehead atoms. The second-order valence-electron chi connectivity index (χ2n) is 8.48. The maximum absolute atomic E-state index is 14.5. The number of halogens is 1. The molecule has 3 aromatic carbocycles. The molecule has 1 saturated heterocycles. The van der Waals surface area contributed by atoms with Crippen LogP contribution in [-0.4, -0.2) is 50.1 Å². The number of carbonyl (C=O) groups excluding carboxylic acids is 1. The first-order valence-corrected chi connectivity index (χ1v) is 11.4. The Labute approximate surface area is 187 Å². The number of anilines is 1. The zero-order valence-corrected chi connectivity index (χ0v) is 18.1. The molecule has 3 aromatic rings. The van der Waals surface area contributed by atoms with Crippen molar-refractivity contribution >= 4 is 22.4 Å². The number of amides is 1. The Morgan fingerprint density at radius 2 is 1.75 bits per heavy atom. The first kappa shape index (κ1) is 20.8. The van der Waals surface area contributed by atoms with E-state index in [0.29, 0.717) is 18.7 Å². The quantitative estimate of drug-likeness (QED) is 0.567. The van der Waals surface area contributed by atoms with Crippen LogP contribution in [0.4, 0.5) is 10.1 Å². The Morgan fingerprint density at radius 3 is 2.62 bits per heavy atom. The summed E-state index contributed by atoms with van der Waals surface area (Å²) in [6.07, 6.45) is 1.85. The van der Waals surface area contributed by atoms with E-state index in [9.17, 15) is 9.18 Å². The molecule has 6 heteroatoms. The lowest BCUT2D eigenvalue weighted by Gasteiger charge is -2.36. The minimum absolute atomic E-state index is 0.131. The molecular formula is C26H28FN3O2. The molecule has 0 saturated carbocycles. The van der Waals surface area contributed by atoms with E-state index in [1.54, 1.807) is 12.1 Å². The second-order valence-corrected chi connectivity index (χ2v) is 8.48. The topological polar surface area (TPSA) is 44.8 Å². The summed E-state index contributed by atoms with van der Waals surface area (Å²) in [5, 5.41) is 5.25. The van der Waals surface area contributed by atoms with Crippen LogP contribution < -0.4 is 15.0 Å². The summed E-state index contributed by atoms with van der Waals surface area (Å²) >= 11 is 0. The average molecular weight is 434 g/mol. The molecule has 0 unspecified atom stereocenters. The zero-order valence-electron chi connectivity index (χ0n) is 18.1. The Hall–Kier alpha value is -3.12. The van der Waals surface area contributed by atoms with Crippen LogP contribution in [0.15, 0.2) is 54.6 Å². The maximum atomic E-state index is 14.5. The van der Waals surface area contributed by atoms with Gasteiger partial charge in [0, 0.05) is 43.8 Å². The van der Waals surface area contributed by atoms with Gasteiger partial charge in [0.25, 0.3) is 5.91 Å². The number of fused-ring (bicyclic) bond motifs is 2. The van der Waals surface area contributed by atoms with Gasteiger partial charge in [-0.15, -0.1) is 0 Å². The smallest absolute Gasteiger partial charge is 0.255 e. The number of carbonyl (C=O) groups is 1. The van der Waals surface area contributed by atoms with Crippen molar-refractivity contribution in [2.45, 2.75) is 19.4 Å². The van der Waals surface area contributed by atoms with Gasteiger partial charge >= 0.3 is 0 Å². The van der Waals surface area contributed by atoms with Crippen LogP contribution in [0.1, 0.15) is 28.8 Å². The van der Waals surface area contributed by atoms with Gasteiger partial charge in [-0.3, -0.25) is 9.69 Å². The monoisotopic (exact) mass is 433 g/mol. The van der Waals surface area contributed by atoms with Crippen molar-refractivity contribution in [3.8, 4) is 5.75 Å². The third-order valence-electron chi connectivity index (χ3n) is 6.47. The first-order valence-electron chi connectivity index (χ1n) is 11.4. The van der Waals surface area contributed by atoms with Crippen molar-refractivity contribution in [1.29, 1.82) is 0 Å². The van der Waals surface area contributed by atoms with Gasteiger partial charge in [-0.25, -0.2) is 4.39 Å². The molecular weight excluding hydrogens is 405 g/mol. The molecule has 0 radical (unpaired) electrons. The Balaban J connectivity index is 1.07. The number of unbranched alkanes of at least 4 members (excludes halogenated alkanes) is 1. The SMILES string of the molecule is O=C1NCc2ccc(OCCCCN3CCN(c4cccc5ccccc45)CC3)c(F)c21. The van der Waals surface area contributed by atoms with E-state index in [1.807, 2.05) is 0 Å². The standard InChI is InChI=1S/C26H28FN3O2/c27-25-23(11-10-20-18-28-26(31)24(20)25)32-17-4-3-12-29-13-15-30(16-14-29)22-9-5-7-19-6-1-2-8-21(19)22/h1-2,5-11H,3-4,12-18H2,(H,28,31). The molecule has 1 N–H and O–H groups in total. The van der Waals surface area contributed by atoms with E-state index in [2.05, 4.69) is 57.6 Å². The van der Waals surface area contributed by atoms with E-state index < -0.39 is 5.82 Å². The number of hydrogen-bond acceptors (Lipinski definition) is 4. The predicted molar refractivity (Wildman–Crippen MR) is 125 cm³/mol. The highest BCUT2D eigenvalue weighted by atomic mass is 19.1. The highest BCUT2D eigenvalue weighted by molar-refractivity contribution is 5.99. The summed E-state index contributed by atoms with van der Waals surface area (Å²) < 4.78 is 20.1. The molecule has 1 fully saturated rings. The Morgan fingerprint density at radius 1 is 0.938 bits per heavy atom. The predicted octanol–water partition coefficient (Wildman–Crippen LogP) is 4.20. The van der Waals surface area contributed by atoms with Crippen LogP contribution in [-0.2, 0) is 6.54 Å². The minimum Gasteiger partial charge on any atom is -0.490 e. The van der Waals surface area contributed by atoms with E-state index in [4.69, 9.17) is 4.74 Å². The number of benzene rings is 3. The van der Waals surface area contributed by atoms with Crippen molar-refractivity contribution < 1.29 is 13.9 Å². The van der Waals surface area contributed by atoms with Gasteiger partial charge in [0.05, 0.1) is 12.2 Å². The summed E-state index contributed by atoms with van der Waals surface area (Å²) in [5.41, 5.74) is 2.15. The Kier molecular flexibility index (Phi) is 5.95. The summed E-state index contributed by atoms with van der Waals surface area (Å²) in [4.78, 5) is 16.7. The summed E-state index contributed by atoms with van der Waals surface area (Å²) in [6, 6.07) is 18.5. The van der Waals surface area contributed by atoms with Crippen molar-refractivity contribution in [3.63, 3.8) is 0 Å². The molecule has 5 nitrogen and oxygen atoms in total. The molecule has 0 atom stereocenters. The van der Waals surface area contributed by atoms with Crippen molar-refractivity contribution in [2.24, 2.45) is 0 Å². The van der Waals surface area contributed by atoms with Crippen molar-refractivity contribution in [1.82, 2.24) is 10.2 Å². The second kappa shape index (κ2) is 9.17. The van der Waals surface area contributed by atoms with E-state index in [1.165, 1.54) is 16.5 Å². The number of rotatable bonds is 7. The molecule has 32 heavy (non-hydrogen) atoms. The summed E-state index contributed by atoms with van der Waals surface area (Å²) in [6.45, 7) is 5.98. The van der Waals surface area contributed by atoms with E-state index in [-0.39, 0.29) is 17.2 Å². The van der Waals surface area contributed by atoms with Crippen molar-refractivity contribution in [3.05, 3.63) is 71.5 Å². The first-order chi connectivity index (χ1) is 15.7.